The minimum Gasteiger partial charge on any atom is -0.355 e. The molecule has 1 saturated carbocycles. The molecule has 0 aromatic rings. The number of hydrogen-bond acceptors (Lipinski definition) is 3. The standard InChI is InChI=1S/C17H31N3O2.ClH/c21-16(8-7-14-4-1-2-5-14)20-13-17(22)19-11-9-15-6-3-10-18-12-15;/h14-15,18H,1-13H2,(H,19,22)(H,20,21);1H. The molecule has 1 aliphatic carbocycles. The summed E-state index contributed by atoms with van der Waals surface area (Å²) in [4.78, 5) is 23.4. The molecule has 1 heterocycles. The molecule has 0 aromatic heterocycles. The lowest BCUT2D eigenvalue weighted by molar-refractivity contribution is -0.126. The third-order valence-corrected chi connectivity index (χ3v) is 4.97. The fourth-order valence-corrected chi connectivity index (χ4v) is 3.55. The number of carbonyl (C=O) groups excluding carboxylic acids is 2. The van der Waals surface area contributed by atoms with Crippen molar-refractivity contribution in [2.75, 3.05) is 26.2 Å². The molecular weight excluding hydrogens is 314 g/mol. The van der Waals surface area contributed by atoms with Gasteiger partial charge >= 0.3 is 0 Å². The lowest BCUT2D eigenvalue weighted by Crippen LogP contribution is -2.38. The maximum atomic E-state index is 11.7. The summed E-state index contributed by atoms with van der Waals surface area (Å²) < 4.78 is 0. The summed E-state index contributed by atoms with van der Waals surface area (Å²) in [6, 6.07) is 0. The minimum atomic E-state index is -0.0713. The highest BCUT2D eigenvalue weighted by atomic mass is 35.5. The molecule has 0 aromatic carbocycles. The van der Waals surface area contributed by atoms with Crippen LogP contribution in [0.3, 0.4) is 0 Å². The van der Waals surface area contributed by atoms with E-state index in [1.54, 1.807) is 0 Å². The zero-order chi connectivity index (χ0) is 15.6. The highest BCUT2D eigenvalue weighted by Gasteiger charge is 2.16. The summed E-state index contributed by atoms with van der Waals surface area (Å²) in [7, 11) is 0. The van der Waals surface area contributed by atoms with Crippen molar-refractivity contribution >= 4 is 24.2 Å². The third-order valence-electron chi connectivity index (χ3n) is 4.97. The maximum Gasteiger partial charge on any atom is 0.239 e. The van der Waals surface area contributed by atoms with Crippen LogP contribution in [0, 0.1) is 11.8 Å². The van der Waals surface area contributed by atoms with Crippen LogP contribution in [0.4, 0.5) is 0 Å². The number of hydrogen-bond donors (Lipinski definition) is 3. The molecule has 23 heavy (non-hydrogen) atoms. The zero-order valence-electron chi connectivity index (χ0n) is 14.1. The summed E-state index contributed by atoms with van der Waals surface area (Å²) >= 11 is 0. The van der Waals surface area contributed by atoms with E-state index in [1.165, 1.54) is 38.5 Å². The fraction of sp³-hybridized carbons (Fsp3) is 0.882. The van der Waals surface area contributed by atoms with Crippen LogP contribution in [0.1, 0.15) is 57.8 Å². The molecule has 0 spiro atoms. The first-order valence-corrected chi connectivity index (χ1v) is 8.98. The van der Waals surface area contributed by atoms with Crippen LogP contribution in [-0.4, -0.2) is 38.0 Å². The topological polar surface area (TPSA) is 70.2 Å². The number of nitrogens with one attached hydrogen (secondary N) is 3. The van der Waals surface area contributed by atoms with Crippen molar-refractivity contribution in [2.24, 2.45) is 11.8 Å². The summed E-state index contributed by atoms with van der Waals surface area (Å²) in [5.74, 6) is 1.34. The summed E-state index contributed by atoms with van der Waals surface area (Å²) in [5, 5.41) is 9.01. The number of piperidine rings is 1. The lowest BCUT2D eigenvalue weighted by atomic mass is 9.96. The Labute approximate surface area is 146 Å². The van der Waals surface area contributed by atoms with Gasteiger partial charge in [-0.15, -0.1) is 12.4 Å². The van der Waals surface area contributed by atoms with E-state index in [0.29, 0.717) is 18.9 Å². The Kier molecular flexibility index (Phi) is 10.3. The maximum absolute atomic E-state index is 11.7. The first kappa shape index (κ1) is 20.2. The second kappa shape index (κ2) is 11.7. The quantitative estimate of drug-likeness (QED) is 0.630. The first-order chi connectivity index (χ1) is 10.7. The highest BCUT2D eigenvalue weighted by molar-refractivity contribution is 5.85. The molecule has 2 amide bonds. The Morgan fingerprint density at radius 3 is 2.35 bits per heavy atom. The van der Waals surface area contributed by atoms with E-state index < -0.39 is 0 Å². The summed E-state index contributed by atoms with van der Waals surface area (Å²) in [6.45, 7) is 3.01. The predicted molar refractivity (Wildman–Crippen MR) is 94.7 cm³/mol. The van der Waals surface area contributed by atoms with E-state index in [9.17, 15) is 9.59 Å². The Bertz CT molecular complexity index is 354. The number of halogens is 1. The third kappa shape index (κ3) is 8.56. The Balaban J connectivity index is 0.00000264. The van der Waals surface area contributed by atoms with Gasteiger partial charge in [0.25, 0.3) is 0 Å². The van der Waals surface area contributed by atoms with Crippen LogP contribution in [0.15, 0.2) is 0 Å². The van der Waals surface area contributed by atoms with E-state index in [1.807, 2.05) is 0 Å². The molecule has 1 atom stereocenters. The molecule has 2 rings (SSSR count). The monoisotopic (exact) mass is 345 g/mol. The van der Waals surface area contributed by atoms with Gasteiger partial charge in [-0.2, -0.15) is 0 Å². The molecular formula is C17H32ClN3O2. The van der Waals surface area contributed by atoms with Gasteiger partial charge in [0.05, 0.1) is 6.54 Å². The van der Waals surface area contributed by atoms with Gasteiger partial charge in [0, 0.05) is 13.0 Å². The smallest absolute Gasteiger partial charge is 0.239 e. The van der Waals surface area contributed by atoms with Crippen LogP contribution < -0.4 is 16.0 Å². The second-order valence-electron chi connectivity index (χ2n) is 6.82. The van der Waals surface area contributed by atoms with Crippen molar-refractivity contribution in [3.8, 4) is 0 Å². The minimum absolute atomic E-state index is 0. The van der Waals surface area contributed by atoms with E-state index in [2.05, 4.69) is 16.0 Å². The molecule has 0 bridgehead atoms. The number of amides is 2. The molecule has 1 unspecified atom stereocenters. The summed E-state index contributed by atoms with van der Waals surface area (Å²) in [6.07, 6.45) is 10.2. The van der Waals surface area contributed by atoms with Crippen molar-refractivity contribution in [1.29, 1.82) is 0 Å². The van der Waals surface area contributed by atoms with Gasteiger partial charge in [0.2, 0.25) is 11.8 Å². The molecule has 1 saturated heterocycles. The van der Waals surface area contributed by atoms with E-state index in [0.717, 1.165) is 31.8 Å². The Morgan fingerprint density at radius 2 is 1.65 bits per heavy atom. The second-order valence-corrected chi connectivity index (χ2v) is 6.82. The highest BCUT2D eigenvalue weighted by Crippen LogP contribution is 2.28. The molecule has 0 radical (unpaired) electrons. The predicted octanol–water partition coefficient (Wildman–Crippen LogP) is 2.00. The van der Waals surface area contributed by atoms with Gasteiger partial charge in [-0.1, -0.05) is 25.7 Å². The van der Waals surface area contributed by atoms with E-state index in [-0.39, 0.29) is 30.8 Å². The largest absolute Gasteiger partial charge is 0.355 e. The molecule has 134 valence electrons. The molecule has 2 aliphatic rings. The van der Waals surface area contributed by atoms with Crippen LogP contribution in [0.5, 0.6) is 0 Å². The van der Waals surface area contributed by atoms with Crippen LogP contribution >= 0.6 is 12.4 Å². The van der Waals surface area contributed by atoms with Crippen molar-refractivity contribution < 1.29 is 9.59 Å². The molecule has 1 aliphatic heterocycles. The van der Waals surface area contributed by atoms with E-state index >= 15 is 0 Å². The van der Waals surface area contributed by atoms with Gasteiger partial charge in [-0.3, -0.25) is 9.59 Å². The van der Waals surface area contributed by atoms with Crippen molar-refractivity contribution in [2.45, 2.75) is 57.8 Å². The molecule has 5 nitrogen and oxygen atoms in total. The Morgan fingerprint density at radius 1 is 0.913 bits per heavy atom. The molecule has 3 N–H and O–H groups in total. The van der Waals surface area contributed by atoms with Crippen LogP contribution in [0.25, 0.3) is 0 Å². The average Bonchev–Trinajstić information content (AvgIpc) is 3.05. The van der Waals surface area contributed by atoms with Gasteiger partial charge < -0.3 is 16.0 Å². The van der Waals surface area contributed by atoms with Crippen LogP contribution in [0.2, 0.25) is 0 Å². The van der Waals surface area contributed by atoms with Gasteiger partial charge in [-0.25, -0.2) is 0 Å². The zero-order valence-corrected chi connectivity index (χ0v) is 14.9. The van der Waals surface area contributed by atoms with Gasteiger partial charge in [-0.05, 0) is 50.6 Å². The Hall–Kier alpha value is -0.810. The molecule has 6 heteroatoms. The number of rotatable bonds is 8. The average molecular weight is 346 g/mol. The lowest BCUT2D eigenvalue weighted by Gasteiger charge is -2.22. The first-order valence-electron chi connectivity index (χ1n) is 8.98. The van der Waals surface area contributed by atoms with Crippen molar-refractivity contribution in [1.82, 2.24) is 16.0 Å². The van der Waals surface area contributed by atoms with Crippen molar-refractivity contribution in [3.63, 3.8) is 0 Å². The molecule has 2 fully saturated rings. The van der Waals surface area contributed by atoms with Gasteiger partial charge in [0.1, 0.15) is 0 Å². The normalized spacial score (nSPS) is 21.5. The number of carbonyl (C=O) groups is 2. The fourth-order valence-electron chi connectivity index (χ4n) is 3.55. The van der Waals surface area contributed by atoms with E-state index in [4.69, 9.17) is 0 Å². The van der Waals surface area contributed by atoms with Crippen LogP contribution in [-0.2, 0) is 9.59 Å². The van der Waals surface area contributed by atoms with Crippen molar-refractivity contribution in [3.05, 3.63) is 0 Å². The SMILES string of the molecule is Cl.O=C(CCC1CCCC1)NCC(=O)NCCC1CCCNC1. The summed E-state index contributed by atoms with van der Waals surface area (Å²) in [5.41, 5.74) is 0. The van der Waals surface area contributed by atoms with Gasteiger partial charge in [0.15, 0.2) is 0 Å².